The van der Waals surface area contributed by atoms with Gasteiger partial charge >= 0.3 is 5.97 Å². The number of carboxylic acids is 1. The first kappa shape index (κ1) is 14.9. The average molecular weight is 301 g/mol. The van der Waals surface area contributed by atoms with E-state index in [2.05, 4.69) is 0 Å². The second-order valence-electron chi connectivity index (χ2n) is 4.75. The van der Waals surface area contributed by atoms with Gasteiger partial charge in [-0.1, -0.05) is 11.6 Å². The molecule has 0 spiro atoms. The fourth-order valence-corrected chi connectivity index (χ4v) is 2.43. The molecule has 0 aliphatic carbocycles. The van der Waals surface area contributed by atoms with E-state index in [4.69, 9.17) is 30.9 Å². The number of hydrogen-bond donors (Lipinski definition) is 1. The number of methoxy groups -OCH3 is 1. The zero-order chi connectivity index (χ0) is 14.7. The topological polar surface area (TPSA) is 65.0 Å². The van der Waals surface area contributed by atoms with Crippen molar-refractivity contribution in [3.8, 4) is 11.5 Å². The number of carboxylic acid groups (broad SMARTS) is 1. The van der Waals surface area contributed by atoms with E-state index in [9.17, 15) is 4.79 Å². The van der Waals surface area contributed by atoms with Crippen molar-refractivity contribution in [3.05, 3.63) is 22.7 Å². The Morgan fingerprint density at radius 3 is 2.80 bits per heavy atom. The van der Waals surface area contributed by atoms with Crippen LogP contribution in [-0.4, -0.2) is 37.0 Å². The quantitative estimate of drug-likeness (QED) is 0.905. The Hall–Kier alpha value is -1.46. The van der Waals surface area contributed by atoms with Crippen molar-refractivity contribution in [2.24, 2.45) is 0 Å². The van der Waals surface area contributed by atoms with Crippen molar-refractivity contribution in [2.45, 2.75) is 32.0 Å². The highest BCUT2D eigenvalue weighted by molar-refractivity contribution is 6.32. The highest BCUT2D eigenvalue weighted by atomic mass is 35.5. The molecule has 1 aromatic rings. The summed E-state index contributed by atoms with van der Waals surface area (Å²) in [6.45, 7) is 2.39. The molecule has 2 rings (SSSR count). The van der Waals surface area contributed by atoms with Crippen LogP contribution in [0.15, 0.2) is 12.1 Å². The van der Waals surface area contributed by atoms with Crippen LogP contribution in [-0.2, 0) is 4.74 Å². The molecular formula is C14H17ClO5. The fraction of sp³-hybridized carbons (Fsp3) is 0.500. The molecule has 1 aliphatic heterocycles. The molecule has 1 saturated heterocycles. The van der Waals surface area contributed by atoms with Crippen molar-refractivity contribution in [2.75, 3.05) is 13.7 Å². The van der Waals surface area contributed by atoms with Gasteiger partial charge in [-0.2, -0.15) is 0 Å². The van der Waals surface area contributed by atoms with E-state index in [0.29, 0.717) is 18.1 Å². The Balaban J connectivity index is 2.12. The minimum absolute atomic E-state index is 0.0323. The summed E-state index contributed by atoms with van der Waals surface area (Å²) < 4.78 is 16.4. The number of aromatic carboxylic acids is 1. The summed E-state index contributed by atoms with van der Waals surface area (Å²) in [7, 11) is 1.44. The zero-order valence-electron chi connectivity index (χ0n) is 11.4. The lowest BCUT2D eigenvalue weighted by atomic mass is 10.2. The van der Waals surface area contributed by atoms with Gasteiger partial charge in [0.25, 0.3) is 0 Å². The van der Waals surface area contributed by atoms with Gasteiger partial charge in [-0.3, -0.25) is 0 Å². The zero-order valence-corrected chi connectivity index (χ0v) is 12.1. The van der Waals surface area contributed by atoms with E-state index in [0.717, 1.165) is 12.8 Å². The van der Waals surface area contributed by atoms with E-state index in [1.807, 2.05) is 6.92 Å². The molecule has 2 atom stereocenters. The molecule has 1 aliphatic rings. The van der Waals surface area contributed by atoms with Crippen molar-refractivity contribution in [1.82, 2.24) is 0 Å². The summed E-state index contributed by atoms with van der Waals surface area (Å²) in [6.07, 6.45) is 2.23. The third kappa shape index (κ3) is 3.35. The van der Waals surface area contributed by atoms with Crippen LogP contribution < -0.4 is 9.47 Å². The molecule has 0 aromatic heterocycles. The Labute approximate surface area is 122 Å². The van der Waals surface area contributed by atoms with E-state index in [1.54, 1.807) is 0 Å². The van der Waals surface area contributed by atoms with Gasteiger partial charge in [0.05, 0.1) is 29.9 Å². The minimum atomic E-state index is -1.07. The normalized spacial score (nSPS) is 21.8. The maximum absolute atomic E-state index is 11.0. The van der Waals surface area contributed by atoms with Crippen LogP contribution in [0.2, 0.25) is 5.02 Å². The fourth-order valence-electron chi connectivity index (χ4n) is 2.17. The number of carbonyl (C=O) groups is 1. The van der Waals surface area contributed by atoms with Gasteiger partial charge in [-0.25, -0.2) is 4.79 Å². The summed E-state index contributed by atoms with van der Waals surface area (Å²) in [5.74, 6) is -0.409. The lowest BCUT2D eigenvalue weighted by molar-refractivity contribution is 0.0259. The summed E-state index contributed by atoms with van der Waals surface area (Å²) in [4.78, 5) is 11.0. The van der Waals surface area contributed by atoms with Crippen LogP contribution in [0.25, 0.3) is 0 Å². The van der Waals surface area contributed by atoms with E-state index < -0.39 is 5.97 Å². The van der Waals surface area contributed by atoms with Crippen LogP contribution in [0.1, 0.15) is 30.1 Å². The van der Waals surface area contributed by atoms with Crippen LogP contribution in [0.5, 0.6) is 11.5 Å². The first-order valence-electron chi connectivity index (χ1n) is 6.40. The minimum Gasteiger partial charge on any atom is -0.493 e. The third-order valence-corrected chi connectivity index (χ3v) is 3.49. The second-order valence-corrected chi connectivity index (χ2v) is 5.16. The predicted octanol–water partition coefficient (Wildman–Crippen LogP) is 2.99. The van der Waals surface area contributed by atoms with Crippen LogP contribution in [0.4, 0.5) is 0 Å². The van der Waals surface area contributed by atoms with Gasteiger partial charge in [-0.05, 0) is 31.9 Å². The number of benzene rings is 1. The first-order valence-corrected chi connectivity index (χ1v) is 6.78. The predicted molar refractivity (Wildman–Crippen MR) is 74.0 cm³/mol. The van der Waals surface area contributed by atoms with Gasteiger partial charge in [0.15, 0.2) is 11.5 Å². The summed E-state index contributed by atoms with van der Waals surface area (Å²) in [5, 5.41) is 9.19. The maximum atomic E-state index is 11.0. The maximum Gasteiger partial charge on any atom is 0.335 e. The van der Waals surface area contributed by atoms with Gasteiger partial charge < -0.3 is 19.3 Å². The third-order valence-electron chi connectivity index (χ3n) is 3.21. The first-order chi connectivity index (χ1) is 9.51. The largest absolute Gasteiger partial charge is 0.493 e. The number of ether oxygens (including phenoxy) is 3. The van der Waals surface area contributed by atoms with Crippen LogP contribution >= 0.6 is 11.6 Å². The molecule has 1 heterocycles. The van der Waals surface area contributed by atoms with Gasteiger partial charge in [-0.15, -0.1) is 0 Å². The number of rotatable bonds is 5. The van der Waals surface area contributed by atoms with Crippen molar-refractivity contribution < 1.29 is 24.1 Å². The molecule has 0 saturated carbocycles. The Bertz CT molecular complexity index is 503. The standard InChI is InChI=1S/C14H17ClO5/c1-8-3-4-10(20-8)7-19-13-11(15)5-9(14(16)17)6-12(13)18-2/h5-6,8,10H,3-4,7H2,1-2H3,(H,16,17). The van der Waals surface area contributed by atoms with Gasteiger partial charge in [0.1, 0.15) is 6.61 Å². The Kier molecular flexibility index (Phi) is 4.73. The molecular weight excluding hydrogens is 284 g/mol. The monoisotopic (exact) mass is 300 g/mol. The molecule has 1 aromatic carbocycles. The summed E-state index contributed by atoms with van der Waals surface area (Å²) >= 11 is 6.06. The van der Waals surface area contributed by atoms with Gasteiger partial charge in [0, 0.05) is 0 Å². The van der Waals surface area contributed by atoms with E-state index in [1.165, 1.54) is 19.2 Å². The van der Waals surface area contributed by atoms with Crippen molar-refractivity contribution in [1.29, 1.82) is 0 Å². The molecule has 110 valence electrons. The van der Waals surface area contributed by atoms with Crippen LogP contribution in [0.3, 0.4) is 0 Å². The van der Waals surface area contributed by atoms with Crippen molar-refractivity contribution >= 4 is 17.6 Å². The molecule has 6 heteroatoms. The average Bonchev–Trinajstić information content (AvgIpc) is 2.82. The summed E-state index contributed by atoms with van der Waals surface area (Å²) in [6, 6.07) is 2.74. The number of halogens is 1. The SMILES string of the molecule is COc1cc(C(=O)O)cc(Cl)c1OCC1CCC(C)O1. The molecule has 20 heavy (non-hydrogen) atoms. The second kappa shape index (κ2) is 6.33. The molecule has 2 unspecified atom stereocenters. The molecule has 1 N–H and O–H groups in total. The Morgan fingerprint density at radius 1 is 1.50 bits per heavy atom. The highest BCUT2D eigenvalue weighted by Gasteiger charge is 2.23. The Morgan fingerprint density at radius 2 is 2.25 bits per heavy atom. The van der Waals surface area contributed by atoms with E-state index >= 15 is 0 Å². The molecule has 1 fully saturated rings. The van der Waals surface area contributed by atoms with Crippen molar-refractivity contribution in [3.63, 3.8) is 0 Å². The lowest BCUT2D eigenvalue weighted by Gasteiger charge is -2.16. The van der Waals surface area contributed by atoms with E-state index in [-0.39, 0.29) is 22.8 Å². The smallest absolute Gasteiger partial charge is 0.335 e. The molecule has 5 nitrogen and oxygen atoms in total. The molecule has 0 amide bonds. The molecule has 0 bridgehead atoms. The highest BCUT2D eigenvalue weighted by Crippen LogP contribution is 2.37. The molecule has 0 radical (unpaired) electrons. The number of hydrogen-bond acceptors (Lipinski definition) is 4. The lowest BCUT2D eigenvalue weighted by Crippen LogP contribution is -2.18. The van der Waals surface area contributed by atoms with Gasteiger partial charge in [0.2, 0.25) is 0 Å². The van der Waals surface area contributed by atoms with Crippen LogP contribution in [0, 0.1) is 0 Å². The summed E-state index contributed by atoms with van der Waals surface area (Å²) in [5.41, 5.74) is 0.0601.